The second-order valence-electron chi connectivity index (χ2n) is 17.0. The van der Waals surface area contributed by atoms with E-state index in [0.29, 0.717) is 50.1 Å². The summed E-state index contributed by atoms with van der Waals surface area (Å²) in [5, 5.41) is 15.4. The highest BCUT2D eigenvalue weighted by Gasteiger charge is 2.68. The van der Waals surface area contributed by atoms with Crippen LogP contribution in [0.2, 0.25) is 0 Å². The Morgan fingerprint density at radius 1 is 1.13 bits per heavy atom. The lowest BCUT2D eigenvalue weighted by molar-refractivity contribution is -0.205. The van der Waals surface area contributed by atoms with Crippen molar-refractivity contribution in [1.29, 1.82) is 0 Å². The summed E-state index contributed by atoms with van der Waals surface area (Å²) in [4.78, 5) is 58.3. The number of Topliss-reactive ketones (excluding diaryl/α,β-unsaturated/α-hetero) is 1. The maximum atomic E-state index is 13.7. The molecule has 53 heavy (non-hydrogen) atoms. The smallest absolute Gasteiger partial charge is 0.316 e. The minimum Gasteiger partial charge on any atom is -0.461 e. The molecule has 1 amide bonds. The Morgan fingerprint density at radius 3 is 2.58 bits per heavy atom. The molecule has 13 nitrogen and oxygen atoms in total. The van der Waals surface area contributed by atoms with Crippen LogP contribution in [-0.4, -0.2) is 110 Å². The third-order valence-electron chi connectivity index (χ3n) is 14.3. The van der Waals surface area contributed by atoms with Crippen molar-refractivity contribution in [2.45, 2.75) is 103 Å². The van der Waals surface area contributed by atoms with Gasteiger partial charge in [-0.3, -0.25) is 14.4 Å². The molecule has 8 atom stereocenters. The van der Waals surface area contributed by atoms with Gasteiger partial charge in [-0.1, -0.05) is 33.8 Å². The van der Waals surface area contributed by atoms with Gasteiger partial charge < -0.3 is 35.3 Å². The third kappa shape index (κ3) is 6.74. The van der Waals surface area contributed by atoms with Crippen LogP contribution in [0.5, 0.6) is 0 Å². The number of hydrogen-bond acceptors (Lipinski definition) is 12. The highest BCUT2D eigenvalue weighted by molar-refractivity contribution is 8.00. The van der Waals surface area contributed by atoms with Crippen LogP contribution in [-0.2, 0) is 25.7 Å². The lowest BCUT2D eigenvalue weighted by Crippen LogP contribution is -2.63. The molecule has 4 heterocycles. The number of thioether (sulfide) groups is 1. The molecule has 3 aliphatic carbocycles. The van der Waals surface area contributed by atoms with E-state index >= 15 is 0 Å². The topological polar surface area (TPSA) is 169 Å². The fraction of sp³-hybridized carbons (Fsp3) is 0.744. The zero-order valence-corrected chi connectivity index (χ0v) is 32.7. The summed E-state index contributed by atoms with van der Waals surface area (Å²) >= 11 is 1.60. The average molecular weight is 751 g/mol. The maximum Gasteiger partial charge on any atom is 0.316 e. The molecule has 2 aromatic heterocycles. The number of likely N-dealkylation sites (tertiary alicyclic amines) is 1. The predicted octanol–water partition coefficient (Wildman–Crippen LogP) is 3.84. The van der Waals surface area contributed by atoms with Crippen LogP contribution in [0.3, 0.4) is 0 Å². The van der Waals surface area contributed by atoms with E-state index in [-0.39, 0.29) is 57.8 Å². The van der Waals surface area contributed by atoms with Gasteiger partial charge in [-0.15, -0.1) is 18.3 Å². The number of aliphatic hydroxyl groups is 1. The zero-order valence-electron chi connectivity index (χ0n) is 31.9. The van der Waals surface area contributed by atoms with Crippen LogP contribution >= 0.6 is 11.8 Å². The number of amides is 1. The number of nitrogens with zero attached hydrogens (tertiary/aromatic N) is 6. The van der Waals surface area contributed by atoms with Crippen molar-refractivity contribution in [3.8, 4) is 0 Å². The highest BCUT2D eigenvalue weighted by atomic mass is 32.2. The summed E-state index contributed by atoms with van der Waals surface area (Å²) in [5.41, 5.74) is 5.96. The van der Waals surface area contributed by atoms with Gasteiger partial charge in [0.25, 0.3) is 0 Å². The van der Waals surface area contributed by atoms with Gasteiger partial charge in [0.05, 0.1) is 18.2 Å². The molecule has 2 aromatic rings. The molecule has 7 rings (SSSR count). The van der Waals surface area contributed by atoms with E-state index in [1.165, 1.54) is 0 Å². The van der Waals surface area contributed by atoms with Crippen molar-refractivity contribution >= 4 is 52.4 Å². The van der Waals surface area contributed by atoms with E-state index in [2.05, 4.69) is 52.5 Å². The minimum atomic E-state index is -0.683. The van der Waals surface area contributed by atoms with Crippen LogP contribution in [0.15, 0.2) is 19.0 Å². The molecule has 0 radical (unpaired) electrons. The van der Waals surface area contributed by atoms with Gasteiger partial charge in [0.2, 0.25) is 11.9 Å². The number of piperidine rings is 1. The number of carbonyl (C=O) groups is 3. The Balaban J connectivity index is 0.941. The van der Waals surface area contributed by atoms with E-state index in [1.54, 1.807) is 18.1 Å². The molecule has 2 bridgehead atoms. The number of nitrogens with two attached hydrogens (primary N) is 1. The Labute approximate surface area is 317 Å². The molecule has 2 saturated heterocycles. The molecule has 14 heteroatoms. The summed E-state index contributed by atoms with van der Waals surface area (Å²) < 4.78 is 8.34. The molecule has 1 unspecified atom stereocenters. The quantitative estimate of drug-likeness (QED) is 0.251. The standard InChI is InChI=1S/C39H58N8O5S/c1-6-37(4)21-28(38(5)24(2)7-12-39(25(3)33(37)51)13-8-27(48)32(38)39)52-30(50)22-53-26-9-16-45(17-10-26)29(49)11-18-47-23-42-31-34(43-36(40)44-35(31)47)46-19-14-41-15-20-46/h6,23-26,28,32-33,41,51H,1,7-22H2,2-5H3,(H2,40,43,44)/t24-,25+,28-,32?,33+,37-,38+,39+/m1/s1. The van der Waals surface area contributed by atoms with Crippen molar-refractivity contribution in [2.75, 3.05) is 55.7 Å². The molecular weight excluding hydrogens is 693 g/mol. The first-order chi connectivity index (χ1) is 25.3. The maximum absolute atomic E-state index is 13.7. The molecule has 5 fully saturated rings. The fourth-order valence-corrected chi connectivity index (χ4v) is 11.7. The first-order valence-corrected chi connectivity index (χ1v) is 20.7. The Hall–Kier alpha value is -3.23. The molecule has 0 spiro atoms. The summed E-state index contributed by atoms with van der Waals surface area (Å²) in [6.45, 7) is 17.7. The number of aryl methyl sites for hydroxylation is 1. The number of ketones is 1. The SMILES string of the molecule is C=C[C@]1(C)C[C@@H](OC(=O)CSC2CCN(C(=O)CCn3cnc4c(N5CCNCC5)nc(N)nc43)CC2)[C@@]2(C)C3C(=O)CC[C@@]3(CC[C@H]2C)[C@@H](C)[C@@H]1O. The van der Waals surface area contributed by atoms with Crippen molar-refractivity contribution in [2.24, 2.45) is 34.0 Å². The third-order valence-corrected chi connectivity index (χ3v) is 15.6. The van der Waals surface area contributed by atoms with Gasteiger partial charge in [-0.25, -0.2) is 4.98 Å². The molecule has 4 N–H and O–H groups in total. The molecule has 5 aliphatic rings. The first-order valence-electron chi connectivity index (χ1n) is 19.7. The number of fused-ring (bicyclic) bond motifs is 1. The molecular formula is C39H58N8O5S. The van der Waals surface area contributed by atoms with E-state index in [0.717, 1.165) is 64.1 Å². The summed E-state index contributed by atoms with van der Waals surface area (Å²) in [6, 6.07) is 0. The highest BCUT2D eigenvalue weighted by Crippen LogP contribution is 2.68. The number of nitrogens with one attached hydrogen (secondary N) is 1. The Morgan fingerprint density at radius 2 is 1.87 bits per heavy atom. The summed E-state index contributed by atoms with van der Waals surface area (Å²) in [5.74, 6) is 1.10. The van der Waals surface area contributed by atoms with Crippen molar-refractivity contribution in [3.63, 3.8) is 0 Å². The largest absolute Gasteiger partial charge is 0.461 e. The summed E-state index contributed by atoms with van der Waals surface area (Å²) in [6.07, 6.45) is 7.87. The van der Waals surface area contributed by atoms with E-state index in [1.807, 2.05) is 22.5 Å². The van der Waals surface area contributed by atoms with Crippen LogP contribution in [0.1, 0.15) is 79.1 Å². The van der Waals surface area contributed by atoms with Gasteiger partial charge >= 0.3 is 5.97 Å². The summed E-state index contributed by atoms with van der Waals surface area (Å²) in [7, 11) is 0. The van der Waals surface area contributed by atoms with Crippen molar-refractivity contribution < 1.29 is 24.2 Å². The molecule has 3 saturated carbocycles. The lowest BCUT2D eigenvalue weighted by atomic mass is 9.44. The molecule has 0 aromatic carbocycles. The first kappa shape index (κ1) is 38.1. The monoisotopic (exact) mass is 750 g/mol. The van der Waals surface area contributed by atoms with Crippen LogP contribution in [0.25, 0.3) is 11.2 Å². The Bertz CT molecular complexity index is 1720. The predicted molar refractivity (Wildman–Crippen MR) is 206 cm³/mol. The van der Waals surface area contributed by atoms with Gasteiger partial charge in [-0.05, 0) is 55.8 Å². The van der Waals surface area contributed by atoms with Crippen molar-refractivity contribution in [1.82, 2.24) is 29.7 Å². The van der Waals surface area contributed by atoms with Gasteiger partial charge in [0.15, 0.2) is 17.0 Å². The average Bonchev–Trinajstić information content (AvgIpc) is 3.74. The number of piperazine rings is 1. The lowest BCUT2D eigenvalue weighted by Gasteiger charge is -2.61. The van der Waals surface area contributed by atoms with E-state index < -0.39 is 23.0 Å². The molecule has 290 valence electrons. The van der Waals surface area contributed by atoms with Crippen molar-refractivity contribution in [3.05, 3.63) is 19.0 Å². The number of nitrogen functional groups attached to an aromatic ring is 1. The van der Waals surface area contributed by atoms with Gasteiger partial charge in [0, 0.05) is 80.7 Å². The normalized spacial score (nSPS) is 35.1. The number of imidazole rings is 1. The van der Waals surface area contributed by atoms with Gasteiger partial charge in [-0.2, -0.15) is 9.97 Å². The second-order valence-corrected chi connectivity index (χ2v) is 18.2. The Kier molecular flexibility index (Phi) is 10.6. The fourth-order valence-electron chi connectivity index (χ4n) is 10.7. The zero-order chi connectivity index (χ0) is 37.7. The van der Waals surface area contributed by atoms with Gasteiger partial charge in [0.1, 0.15) is 11.9 Å². The number of hydrogen-bond donors (Lipinski definition) is 3. The second kappa shape index (κ2) is 14.8. The van der Waals surface area contributed by atoms with Crippen LogP contribution < -0.4 is 16.0 Å². The number of esters is 1. The number of carbonyl (C=O) groups excluding carboxylic acids is 3. The number of aliphatic hydroxyl groups excluding tert-OH is 1. The number of rotatable bonds is 9. The molecule has 2 aliphatic heterocycles. The number of ether oxygens (including phenoxy) is 1. The van der Waals surface area contributed by atoms with E-state index in [9.17, 15) is 19.5 Å². The number of aromatic nitrogens is 4. The van der Waals surface area contributed by atoms with E-state index in [4.69, 9.17) is 10.5 Å². The van der Waals surface area contributed by atoms with Crippen LogP contribution in [0.4, 0.5) is 11.8 Å². The minimum absolute atomic E-state index is 0.0610. The number of anilines is 2. The van der Waals surface area contributed by atoms with Crippen LogP contribution in [0, 0.1) is 34.0 Å².